The second kappa shape index (κ2) is 53.9. The standard InChI is InChI=1S/C56H97N5O20S/c62-50-8-2-1-7-48(50)11-12-53(64)57-14-5-17-67-21-25-71-26-22-68-18-6-15-58-54(65)13-19-69-23-27-72-29-31-74-33-35-76-37-39-78-41-43-80-45-46-81-44-42-79-40-38-77-36-34-75-32-30-73-28-24-70-20-16-59-52(63)10-4-3-9-51-55-49(47-82-51)60-56(66)61-55/h1-2,7-8,11-12,49,51,55,62H,3-6,9-10,13-47H2,(H,57,64)(H,58,65)(H,59,63)(H2,60,61,66). The summed E-state index contributed by atoms with van der Waals surface area (Å²) in [4.78, 5) is 47.5. The van der Waals surface area contributed by atoms with Gasteiger partial charge in [-0.1, -0.05) is 24.6 Å². The molecule has 3 rings (SSSR count). The lowest BCUT2D eigenvalue weighted by atomic mass is 10.0. The van der Waals surface area contributed by atoms with E-state index < -0.39 is 0 Å². The van der Waals surface area contributed by atoms with Gasteiger partial charge in [-0.15, -0.1) is 0 Å². The third-order valence-electron chi connectivity index (χ3n) is 11.9. The second-order valence-corrected chi connectivity index (χ2v) is 19.7. The van der Waals surface area contributed by atoms with Gasteiger partial charge in [0.05, 0.1) is 197 Å². The molecule has 2 saturated heterocycles. The third kappa shape index (κ3) is 42.9. The number of hydrogen-bond donors (Lipinski definition) is 6. The number of rotatable bonds is 60. The summed E-state index contributed by atoms with van der Waals surface area (Å²) in [6, 6.07) is 7.19. The van der Waals surface area contributed by atoms with E-state index in [1.807, 2.05) is 11.8 Å². The maximum atomic E-state index is 12.1. The molecule has 0 radical (unpaired) electrons. The number of unbranched alkanes of at least 4 members (excludes halogenated alkanes) is 1. The summed E-state index contributed by atoms with van der Waals surface area (Å²) in [6.45, 7) is 15.1. The fourth-order valence-corrected chi connectivity index (χ4v) is 9.13. The van der Waals surface area contributed by atoms with Crippen LogP contribution in [0.5, 0.6) is 5.75 Å². The Balaban J connectivity index is 0.868. The molecule has 82 heavy (non-hydrogen) atoms. The Hall–Kier alpha value is -3.81. The zero-order valence-corrected chi connectivity index (χ0v) is 49.1. The molecule has 3 unspecified atom stereocenters. The lowest BCUT2D eigenvalue weighted by molar-refractivity contribution is -0.122. The molecule has 472 valence electrons. The molecule has 1 aromatic carbocycles. The Morgan fingerprint density at radius 3 is 1.32 bits per heavy atom. The van der Waals surface area contributed by atoms with Crippen LogP contribution in [0.1, 0.15) is 50.5 Å². The van der Waals surface area contributed by atoms with E-state index in [4.69, 9.17) is 71.1 Å². The van der Waals surface area contributed by atoms with Crippen LogP contribution in [0.25, 0.3) is 6.08 Å². The lowest BCUT2D eigenvalue weighted by Gasteiger charge is -2.16. The summed E-state index contributed by atoms with van der Waals surface area (Å²) in [5.74, 6) is 0.802. The zero-order chi connectivity index (χ0) is 58.3. The summed E-state index contributed by atoms with van der Waals surface area (Å²) in [5, 5.41) is 24.6. The molecule has 2 aliphatic rings. The van der Waals surface area contributed by atoms with E-state index in [1.165, 1.54) is 6.08 Å². The Bertz CT molecular complexity index is 1750. The molecule has 6 N–H and O–H groups in total. The van der Waals surface area contributed by atoms with Gasteiger partial charge >= 0.3 is 6.03 Å². The van der Waals surface area contributed by atoms with Gasteiger partial charge in [-0.2, -0.15) is 11.8 Å². The Kier molecular flexibility index (Phi) is 47.6. The van der Waals surface area contributed by atoms with E-state index in [0.29, 0.717) is 248 Å². The molecule has 1 aromatic rings. The fourth-order valence-electron chi connectivity index (χ4n) is 7.58. The number of nitrogens with one attached hydrogen (secondary N) is 5. The van der Waals surface area contributed by atoms with Crippen molar-refractivity contribution in [2.24, 2.45) is 0 Å². The topological polar surface area (TPSA) is 287 Å². The van der Waals surface area contributed by atoms with Crippen molar-refractivity contribution in [3.05, 3.63) is 35.9 Å². The van der Waals surface area contributed by atoms with Gasteiger partial charge in [-0.25, -0.2) is 4.79 Å². The molecule has 25 nitrogen and oxygen atoms in total. The van der Waals surface area contributed by atoms with Crippen LogP contribution in [0.2, 0.25) is 0 Å². The molecule has 2 fully saturated rings. The van der Waals surface area contributed by atoms with Gasteiger partial charge < -0.3 is 103 Å². The van der Waals surface area contributed by atoms with Crippen LogP contribution >= 0.6 is 11.8 Å². The van der Waals surface area contributed by atoms with Crippen molar-refractivity contribution in [1.82, 2.24) is 26.6 Å². The summed E-state index contributed by atoms with van der Waals surface area (Å²) in [7, 11) is 0. The second-order valence-electron chi connectivity index (χ2n) is 18.4. The van der Waals surface area contributed by atoms with Crippen molar-refractivity contribution in [1.29, 1.82) is 0 Å². The molecule has 0 saturated carbocycles. The third-order valence-corrected chi connectivity index (χ3v) is 13.4. The predicted octanol–water partition coefficient (Wildman–Crippen LogP) is 1.90. The first-order valence-corrected chi connectivity index (χ1v) is 30.1. The highest BCUT2D eigenvalue weighted by molar-refractivity contribution is 8.00. The maximum Gasteiger partial charge on any atom is 0.315 e. The number of para-hydroxylation sites is 1. The molecule has 0 spiro atoms. The van der Waals surface area contributed by atoms with Crippen LogP contribution in [0, 0.1) is 0 Å². The number of phenols is 1. The van der Waals surface area contributed by atoms with Crippen molar-refractivity contribution in [3.63, 3.8) is 0 Å². The van der Waals surface area contributed by atoms with E-state index >= 15 is 0 Å². The van der Waals surface area contributed by atoms with E-state index in [0.717, 1.165) is 25.0 Å². The van der Waals surface area contributed by atoms with Gasteiger partial charge in [-0.05, 0) is 37.8 Å². The first-order valence-electron chi connectivity index (χ1n) is 29.0. The fraction of sp³-hybridized carbons (Fsp3) is 0.786. The largest absolute Gasteiger partial charge is 0.507 e. The van der Waals surface area contributed by atoms with Crippen molar-refractivity contribution >= 4 is 41.6 Å². The lowest BCUT2D eigenvalue weighted by Crippen LogP contribution is -2.36. The number of phenolic OH excluding ortho intramolecular Hbond substituents is 1. The number of hydrogen-bond acceptors (Lipinski definition) is 21. The molecule has 26 heteroatoms. The maximum absolute atomic E-state index is 12.1. The van der Waals surface area contributed by atoms with Crippen molar-refractivity contribution in [2.75, 3.05) is 224 Å². The summed E-state index contributed by atoms with van der Waals surface area (Å²) < 4.78 is 82.7. The number of fused-ring (bicyclic) bond motifs is 1. The Morgan fingerprint density at radius 2 is 0.854 bits per heavy atom. The summed E-state index contributed by atoms with van der Waals surface area (Å²) in [5.41, 5.74) is 0.582. The first kappa shape index (κ1) is 72.4. The predicted molar refractivity (Wildman–Crippen MR) is 306 cm³/mol. The Morgan fingerprint density at radius 1 is 0.463 bits per heavy atom. The van der Waals surface area contributed by atoms with Gasteiger partial charge in [-0.3, -0.25) is 14.4 Å². The molecule has 5 amide bonds. The molecule has 3 atom stereocenters. The SMILES string of the molecule is O=C(C=Cc1ccccc1O)NCCCOCCOCCOCCCNC(=O)CCOCCOCCOCCOCCOCCOCCOCCOCCOCCOCCOCCOCCNC(=O)CCCCC1SCC2NC(=O)NC21. The highest BCUT2D eigenvalue weighted by atomic mass is 32.2. The molecular formula is C56H97N5O20S. The van der Waals surface area contributed by atoms with Gasteiger partial charge in [0.2, 0.25) is 17.7 Å². The number of carbonyl (C=O) groups excluding carboxylic acids is 4. The minimum absolute atomic E-state index is 0.0352. The molecule has 2 heterocycles. The number of amides is 5. The van der Waals surface area contributed by atoms with Gasteiger partial charge in [0, 0.05) is 68.3 Å². The van der Waals surface area contributed by atoms with Crippen LogP contribution in [0.15, 0.2) is 30.3 Å². The highest BCUT2D eigenvalue weighted by Gasteiger charge is 2.42. The van der Waals surface area contributed by atoms with Crippen molar-refractivity contribution in [2.45, 2.75) is 62.3 Å². The van der Waals surface area contributed by atoms with Crippen molar-refractivity contribution in [3.8, 4) is 5.75 Å². The van der Waals surface area contributed by atoms with Gasteiger partial charge in [0.25, 0.3) is 0 Å². The van der Waals surface area contributed by atoms with Gasteiger partial charge in [0.1, 0.15) is 5.75 Å². The monoisotopic (exact) mass is 1190 g/mol. The van der Waals surface area contributed by atoms with Crippen LogP contribution in [-0.4, -0.2) is 270 Å². The average Bonchev–Trinajstić information content (AvgIpc) is 4.04. The van der Waals surface area contributed by atoms with Crippen molar-refractivity contribution < 1.29 is 95.3 Å². The number of thioether (sulfide) groups is 1. The quantitative estimate of drug-likeness (QED) is 0.0309. The zero-order valence-electron chi connectivity index (χ0n) is 48.3. The number of benzene rings is 1. The first-order chi connectivity index (χ1) is 40.4. The molecule has 0 aliphatic carbocycles. The summed E-state index contributed by atoms with van der Waals surface area (Å²) >= 11 is 1.90. The van der Waals surface area contributed by atoms with E-state index in [9.17, 15) is 24.3 Å². The van der Waals surface area contributed by atoms with Crippen LogP contribution in [-0.2, 0) is 85.4 Å². The molecule has 0 aromatic heterocycles. The number of ether oxygens (including phenoxy) is 15. The highest BCUT2D eigenvalue weighted by Crippen LogP contribution is 2.33. The van der Waals surface area contributed by atoms with E-state index in [2.05, 4.69) is 26.6 Å². The van der Waals surface area contributed by atoms with Crippen LogP contribution < -0.4 is 26.6 Å². The van der Waals surface area contributed by atoms with E-state index in [1.54, 1.807) is 30.3 Å². The number of aromatic hydroxyl groups is 1. The minimum Gasteiger partial charge on any atom is -0.507 e. The van der Waals surface area contributed by atoms with Crippen LogP contribution in [0.3, 0.4) is 0 Å². The number of urea groups is 1. The number of carbonyl (C=O) groups is 4. The van der Waals surface area contributed by atoms with Crippen LogP contribution in [0.4, 0.5) is 4.79 Å². The van der Waals surface area contributed by atoms with E-state index in [-0.39, 0.29) is 48.0 Å². The Labute approximate surface area is 489 Å². The minimum atomic E-state index is -0.233. The normalized spacial score (nSPS) is 15.7. The smallest absolute Gasteiger partial charge is 0.315 e. The average molecular weight is 1190 g/mol. The van der Waals surface area contributed by atoms with Gasteiger partial charge in [0.15, 0.2) is 0 Å². The molecule has 2 aliphatic heterocycles. The molecular weight excluding hydrogens is 1090 g/mol. The summed E-state index contributed by atoms with van der Waals surface area (Å²) in [6.07, 6.45) is 7.90. The molecule has 0 bridgehead atoms.